The zero-order valence-corrected chi connectivity index (χ0v) is 13.4. The van der Waals surface area contributed by atoms with Crippen LogP contribution >= 0.6 is 0 Å². The number of nitrogens with zero attached hydrogens (tertiary/aromatic N) is 1. The van der Waals surface area contributed by atoms with Gasteiger partial charge in [-0.25, -0.2) is 0 Å². The minimum absolute atomic E-state index is 1.28. The lowest BCUT2D eigenvalue weighted by Gasteiger charge is -2.14. The number of fused-ring (bicyclic) bond motifs is 6. The van der Waals surface area contributed by atoms with Crippen LogP contribution < -0.4 is 0 Å². The van der Waals surface area contributed by atoms with Gasteiger partial charge in [0.2, 0.25) is 0 Å². The van der Waals surface area contributed by atoms with Crippen LogP contribution in [0, 0.1) is 6.92 Å². The average molecular weight is 305 g/mol. The lowest BCUT2D eigenvalue weighted by atomic mass is 9.96. The van der Waals surface area contributed by atoms with E-state index in [2.05, 4.69) is 84.1 Å². The monoisotopic (exact) mass is 305 g/mol. The molecule has 0 aliphatic heterocycles. The molecule has 0 radical (unpaired) electrons. The Bertz CT molecular complexity index is 1400. The van der Waals surface area contributed by atoms with Crippen molar-refractivity contribution in [2.24, 2.45) is 0 Å². The summed E-state index contributed by atoms with van der Waals surface area (Å²) in [6.45, 7) is 2.23. The molecular weight excluding hydrogens is 290 g/mol. The normalized spacial score (nSPS) is 12.4. The summed E-state index contributed by atoms with van der Waals surface area (Å²) in [6.07, 6.45) is 0. The average Bonchev–Trinajstić information content (AvgIpc) is 2.97. The Balaban J connectivity index is 2.18. The first-order valence-electron chi connectivity index (χ1n) is 8.40. The lowest BCUT2D eigenvalue weighted by molar-refractivity contribution is 1.35. The van der Waals surface area contributed by atoms with Gasteiger partial charge in [0.25, 0.3) is 0 Å². The lowest BCUT2D eigenvalue weighted by Crippen LogP contribution is -1.93. The van der Waals surface area contributed by atoms with Gasteiger partial charge in [0.05, 0.1) is 16.6 Å². The maximum Gasteiger partial charge on any atom is 0.0626 e. The van der Waals surface area contributed by atoms with E-state index in [-0.39, 0.29) is 0 Å². The predicted octanol–water partition coefficient (Wildman–Crippen LogP) is 6.30. The molecule has 0 atom stereocenters. The minimum Gasteiger partial charge on any atom is -0.308 e. The molecule has 0 aliphatic carbocycles. The van der Waals surface area contributed by atoms with E-state index in [1.165, 1.54) is 54.4 Å². The van der Waals surface area contributed by atoms with Crippen LogP contribution in [0.2, 0.25) is 0 Å². The van der Waals surface area contributed by atoms with Crippen molar-refractivity contribution in [2.75, 3.05) is 0 Å². The fraction of sp³-hybridized carbons (Fsp3) is 0.0435. The minimum atomic E-state index is 1.28. The molecule has 0 unspecified atom stereocenters. The van der Waals surface area contributed by atoms with Gasteiger partial charge >= 0.3 is 0 Å². The molecule has 112 valence electrons. The SMILES string of the molecule is Cc1cc2c3ccccc3n3c4ccccc4c4cccc1c4c23. The van der Waals surface area contributed by atoms with E-state index in [9.17, 15) is 0 Å². The van der Waals surface area contributed by atoms with Crippen molar-refractivity contribution in [3.05, 3.63) is 78.4 Å². The Hall–Kier alpha value is -3.06. The molecule has 0 saturated heterocycles. The number of aryl methyl sites for hydroxylation is 1. The van der Waals surface area contributed by atoms with E-state index in [0.717, 1.165) is 0 Å². The van der Waals surface area contributed by atoms with Crippen molar-refractivity contribution in [1.29, 1.82) is 0 Å². The van der Waals surface area contributed by atoms with Gasteiger partial charge in [-0.05, 0) is 41.5 Å². The van der Waals surface area contributed by atoms with Crippen LogP contribution in [0.1, 0.15) is 5.56 Å². The molecule has 0 N–H and O–H groups in total. The van der Waals surface area contributed by atoms with Crippen LogP contribution in [0.15, 0.2) is 72.8 Å². The number of hydrogen-bond donors (Lipinski definition) is 0. The third kappa shape index (κ3) is 1.28. The van der Waals surface area contributed by atoms with E-state index >= 15 is 0 Å². The number of para-hydroxylation sites is 2. The van der Waals surface area contributed by atoms with Crippen molar-refractivity contribution < 1.29 is 0 Å². The summed E-state index contributed by atoms with van der Waals surface area (Å²) in [7, 11) is 0. The van der Waals surface area contributed by atoms with Crippen molar-refractivity contribution in [1.82, 2.24) is 4.40 Å². The molecule has 0 aliphatic rings. The first-order valence-corrected chi connectivity index (χ1v) is 8.40. The number of aromatic nitrogens is 1. The number of rotatable bonds is 0. The predicted molar refractivity (Wildman–Crippen MR) is 103 cm³/mol. The molecule has 2 aromatic heterocycles. The van der Waals surface area contributed by atoms with Gasteiger partial charge in [-0.2, -0.15) is 0 Å². The van der Waals surface area contributed by atoms with Crippen molar-refractivity contribution in [2.45, 2.75) is 6.92 Å². The smallest absolute Gasteiger partial charge is 0.0626 e. The highest BCUT2D eigenvalue weighted by atomic mass is 14.9. The summed E-state index contributed by atoms with van der Waals surface area (Å²) >= 11 is 0. The van der Waals surface area contributed by atoms with Crippen molar-refractivity contribution in [3.8, 4) is 0 Å². The van der Waals surface area contributed by atoms with E-state index in [0.29, 0.717) is 0 Å². The second kappa shape index (κ2) is 4.07. The van der Waals surface area contributed by atoms with E-state index in [1.807, 2.05) is 0 Å². The molecule has 1 heteroatoms. The topological polar surface area (TPSA) is 4.41 Å². The molecule has 0 amide bonds. The zero-order valence-electron chi connectivity index (χ0n) is 13.4. The fourth-order valence-electron chi connectivity index (χ4n) is 4.46. The molecule has 0 fully saturated rings. The molecule has 1 nitrogen and oxygen atoms in total. The number of benzene rings is 4. The highest BCUT2D eigenvalue weighted by Gasteiger charge is 2.18. The first-order chi connectivity index (χ1) is 11.8. The molecular formula is C23H15N. The molecule has 4 aromatic carbocycles. The third-order valence-corrected chi connectivity index (χ3v) is 5.44. The van der Waals surface area contributed by atoms with E-state index in [4.69, 9.17) is 0 Å². The zero-order chi connectivity index (χ0) is 15.8. The van der Waals surface area contributed by atoms with Gasteiger partial charge < -0.3 is 4.40 Å². The molecule has 0 bridgehead atoms. The van der Waals surface area contributed by atoms with Crippen molar-refractivity contribution in [3.63, 3.8) is 0 Å². The third-order valence-electron chi connectivity index (χ3n) is 5.44. The van der Waals surface area contributed by atoms with Crippen LogP contribution in [0.4, 0.5) is 0 Å². The van der Waals surface area contributed by atoms with E-state index in [1.54, 1.807) is 0 Å². The summed E-state index contributed by atoms with van der Waals surface area (Å²) in [6, 6.07) is 26.6. The first kappa shape index (κ1) is 12.4. The van der Waals surface area contributed by atoms with Crippen LogP contribution in [0.5, 0.6) is 0 Å². The summed E-state index contributed by atoms with van der Waals surface area (Å²) in [5.41, 5.74) is 5.28. The number of hydrogen-bond acceptors (Lipinski definition) is 0. The standard InChI is InChI=1S/C23H15N/c1-14-13-19-17-8-3-5-12-21(17)24-20-11-4-2-7-16(20)18-10-6-9-15(14)22(18)23(19)24/h2-13H,1H3. The van der Waals surface area contributed by atoms with Crippen molar-refractivity contribution >= 4 is 48.9 Å². The van der Waals surface area contributed by atoms with Gasteiger partial charge in [-0.15, -0.1) is 0 Å². The van der Waals surface area contributed by atoms with Gasteiger partial charge in [0, 0.05) is 21.5 Å². The van der Waals surface area contributed by atoms with Crippen LogP contribution in [0.3, 0.4) is 0 Å². The Morgan fingerprint density at radius 1 is 0.583 bits per heavy atom. The second-order valence-corrected chi connectivity index (χ2v) is 6.69. The Labute approximate surface area is 139 Å². The van der Waals surface area contributed by atoms with Gasteiger partial charge in [0.1, 0.15) is 0 Å². The quantitative estimate of drug-likeness (QED) is 0.229. The molecule has 0 spiro atoms. The molecule has 6 aromatic rings. The van der Waals surface area contributed by atoms with Gasteiger partial charge in [0.15, 0.2) is 0 Å². The summed E-state index contributed by atoms with van der Waals surface area (Å²) in [5, 5.41) is 8.12. The number of pyridine rings is 1. The fourth-order valence-corrected chi connectivity index (χ4v) is 4.46. The summed E-state index contributed by atoms with van der Waals surface area (Å²) in [5.74, 6) is 0. The summed E-state index contributed by atoms with van der Waals surface area (Å²) < 4.78 is 2.45. The molecule has 0 saturated carbocycles. The Morgan fingerprint density at radius 2 is 1.17 bits per heavy atom. The maximum atomic E-state index is 2.45. The Morgan fingerprint density at radius 3 is 1.92 bits per heavy atom. The van der Waals surface area contributed by atoms with Gasteiger partial charge in [-0.3, -0.25) is 0 Å². The van der Waals surface area contributed by atoms with Crippen LogP contribution in [-0.4, -0.2) is 4.40 Å². The van der Waals surface area contributed by atoms with Gasteiger partial charge in [-0.1, -0.05) is 54.6 Å². The molecule has 6 rings (SSSR count). The molecule has 2 heterocycles. The Kier molecular flexibility index (Phi) is 2.10. The van der Waals surface area contributed by atoms with Crippen LogP contribution in [-0.2, 0) is 0 Å². The molecule has 24 heavy (non-hydrogen) atoms. The second-order valence-electron chi connectivity index (χ2n) is 6.69. The summed E-state index contributed by atoms with van der Waals surface area (Å²) in [4.78, 5) is 0. The van der Waals surface area contributed by atoms with E-state index < -0.39 is 0 Å². The highest BCUT2D eigenvalue weighted by Crippen LogP contribution is 2.41. The van der Waals surface area contributed by atoms with Crippen LogP contribution in [0.25, 0.3) is 48.9 Å². The maximum absolute atomic E-state index is 2.45. The highest BCUT2D eigenvalue weighted by molar-refractivity contribution is 6.29. The largest absolute Gasteiger partial charge is 0.308 e.